The van der Waals surface area contributed by atoms with Crippen LogP contribution in [0.2, 0.25) is 0 Å². The van der Waals surface area contributed by atoms with E-state index in [1.807, 2.05) is 0 Å². The molecule has 0 radical (unpaired) electrons. The van der Waals surface area contributed by atoms with Crippen molar-refractivity contribution in [3.8, 4) is 0 Å². The molecule has 0 heterocycles. The Balaban J connectivity index is 3.11. The first-order valence-electron chi connectivity index (χ1n) is 7.03. The van der Waals surface area contributed by atoms with Crippen LogP contribution in [0.3, 0.4) is 0 Å². The maximum atomic E-state index is 12.0. The van der Waals surface area contributed by atoms with E-state index in [9.17, 15) is 14.4 Å². The quantitative estimate of drug-likeness (QED) is 0.386. The van der Waals surface area contributed by atoms with Crippen LogP contribution in [0.5, 0.6) is 0 Å². The zero-order valence-electron chi connectivity index (χ0n) is 12.8. The van der Waals surface area contributed by atoms with Crippen molar-refractivity contribution < 1.29 is 43.9 Å². The van der Waals surface area contributed by atoms with E-state index in [1.54, 1.807) is 0 Å². The first-order valence-corrected chi connectivity index (χ1v) is 7.03. The van der Waals surface area contributed by atoms with Gasteiger partial charge in [0, 0.05) is 0 Å². The Morgan fingerprint density at radius 3 is 1.67 bits per heavy atom. The Morgan fingerprint density at radius 2 is 1.17 bits per heavy atom. The van der Waals surface area contributed by atoms with Crippen LogP contribution in [0.4, 0.5) is 0 Å². The molecular formula is C15H18O9. The van der Waals surface area contributed by atoms with Crippen molar-refractivity contribution in [2.24, 2.45) is 0 Å². The van der Waals surface area contributed by atoms with Crippen molar-refractivity contribution in [3.63, 3.8) is 0 Å². The molecule has 0 fully saturated rings. The van der Waals surface area contributed by atoms with Crippen molar-refractivity contribution in [1.29, 1.82) is 0 Å². The van der Waals surface area contributed by atoms with Gasteiger partial charge >= 0.3 is 17.9 Å². The second kappa shape index (κ2) is 10.3. The van der Waals surface area contributed by atoms with Gasteiger partial charge in [0.1, 0.15) is 19.8 Å². The maximum Gasteiger partial charge on any atom is 0.339 e. The van der Waals surface area contributed by atoms with E-state index in [2.05, 4.69) is 0 Å². The van der Waals surface area contributed by atoms with Gasteiger partial charge in [-0.15, -0.1) is 0 Å². The fourth-order valence-electron chi connectivity index (χ4n) is 1.67. The molecule has 0 bridgehead atoms. The summed E-state index contributed by atoms with van der Waals surface area (Å²) < 4.78 is 14.2. The first kappa shape index (κ1) is 19.6. The number of benzene rings is 1. The van der Waals surface area contributed by atoms with Gasteiger partial charge in [-0.25, -0.2) is 14.4 Å². The summed E-state index contributed by atoms with van der Waals surface area (Å²) in [4.78, 5) is 35.7. The number of aliphatic hydroxyl groups excluding tert-OH is 3. The summed E-state index contributed by atoms with van der Waals surface area (Å²) in [7, 11) is 0. The van der Waals surface area contributed by atoms with Crippen LogP contribution >= 0.6 is 0 Å². The molecule has 0 atom stereocenters. The largest absolute Gasteiger partial charge is 0.460 e. The van der Waals surface area contributed by atoms with Crippen molar-refractivity contribution >= 4 is 17.9 Å². The van der Waals surface area contributed by atoms with Gasteiger partial charge in [0.15, 0.2) is 0 Å². The van der Waals surface area contributed by atoms with Gasteiger partial charge in [-0.2, -0.15) is 0 Å². The van der Waals surface area contributed by atoms with Crippen LogP contribution in [0.15, 0.2) is 18.2 Å². The lowest BCUT2D eigenvalue weighted by Gasteiger charge is -2.11. The smallest absolute Gasteiger partial charge is 0.339 e. The molecule has 0 spiro atoms. The second-order valence-corrected chi connectivity index (χ2v) is 4.34. The van der Waals surface area contributed by atoms with Crippen LogP contribution < -0.4 is 0 Å². The van der Waals surface area contributed by atoms with Gasteiger partial charge in [-0.05, 0) is 18.2 Å². The third-order valence-corrected chi connectivity index (χ3v) is 2.67. The van der Waals surface area contributed by atoms with Crippen LogP contribution in [-0.2, 0) is 14.2 Å². The Bertz CT molecular complexity index is 582. The van der Waals surface area contributed by atoms with Gasteiger partial charge in [-0.3, -0.25) is 0 Å². The topological polar surface area (TPSA) is 140 Å². The average Bonchev–Trinajstić information content (AvgIpc) is 2.61. The van der Waals surface area contributed by atoms with E-state index in [-0.39, 0.29) is 49.7 Å². The maximum absolute atomic E-state index is 12.0. The van der Waals surface area contributed by atoms with Crippen molar-refractivity contribution in [2.45, 2.75) is 0 Å². The number of esters is 3. The van der Waals surface area contributed by atoms with Crippen molar-refractivity contribution in [3.05, 3.63) is 34.9 Å². The number of carbonyl (C=O) groups excluding carboxylic acids is 3. The highest BCUT2D eigenvalue weighted by atomic mass is 16.5. The van der Waals surface area contributed by atoms with Crippen molar-refractivity contribution in [1.82, 2.24) is 0 Å². The summed E-state index contributed by atoms with van der Waals surface area (Å²) in [6, 6.07) is 3.53. The number of hydrogen-bond acceptors (Lipinski definition) is 9. The molecule has 1 aromatic carbocycles. The lowest BCUT2D eigenvalue weighted by Crippen LogP contribution is -2.18. The molecule has 24 heavy (non-hydrogen) atoms. The minimum Gasteiger partial charge on any atom is -0.460 e. The molecule has 9 heteroatoms. The van der Waals surface area contributed by atoms with E-state index in [4.69, 9.17) is 29.5 Å². The summed E-state index contributed by atoms with van der Waals surface area (Å²) in [6.07, 6.45) is 0. The third-order valence-electron chi connectivity index (χ3n) is 2.67. The Kier molecular flexibility index (Phi) is 8.41. The fourth-order valence-corrected chi connectivity index (χ4v) is 1.67. The molecule has 0 saturated carbocycles. The highest BCUT2D eigenvalue weighted by molar-refractivity contribution is 6.05. The average molecular weight is 342 g/mol. The van der Waals surface area contributed by atoms with Crippen molar-refractivity contribution in [2.75, 3.05) is 39.6 Å². The molecule has 1 aromatic rings. The summed E-state index contributed by atoms with van der Waals surface area (Å²) in [5.41, 5.74) is -0.437. The van der Waals surface area contributed by atoms with Crippen LogP contribution in [0.1, 0.15) is 31.1 Å². The van der Waals surface area contributed by atoms with Gasteiger partial charge in [0.25, 0.3) is 0 Å². The molecule has 0 aliphatic carbocycles. The third kappa shape index (κ3) is 5.61. The summed E-state index contributed by atoms with van der Waals surface area (Å²) in [5, 5.41) is 26.0. The van der Waals surface area contributed by atoms with Crippen LogP contribution in [0.25, 0.3) is 0 Å². The fraction of sp³-hybridized carbons (Fsp3) is 0.400. The minimum absolute atomic E-state index is 0.0295. The monoisotopic (exact) mass is 342 g/mol. The Labute approximate surface area is 137 Å². The van der Waals surface area contributed by atoms with Gasteiger partial charge in [-0.1, -0.05) is 0 Å². The van der Waals surface area contributed by atoms with Gasteiger partial charge in [0.05, 0.1) is 36.5 Å². The van der Waals surface area contributed by atoms with Crippen LogP contribution in [0, 0.1) is 0 Å². The highest BCUT2D eigenvalue weighted by Gasteiger charge is 2.22. The number of aliphatic hydroxyl groups is 3. The molecule has 132 valence electrons. The van der Waals surface area contributed by atoms with Gasteiger partial charge < -0.3 is 29.5 Å². The molecule has 0 amide bonds. The van der Waals surface area contributed by atoms with E-state index in [0.717, 1.165) is 6.07 Å². The lowest BCUT2D eigenvalue weighted by atomic mass is 10.0. The number of ether oxygens (including phenoxy) is 3. The summed E-state index contributed by atoms with van der Waals surface area (Å²) in [5.74, 6) is -2.61. The summed E-state index contributed by atoms with van der Waals surface area (Å²) in [6.45, 7) is -1.92. The lowest BCUT2D eigenvalue weighted by molar-refractivity contribution is 0.0387. The SMILES string of the molecule is O=C(OCCO)c1ccc(C(=O)OCCO)c(C(=O)OCCO)c1. The molecule has 0 aromatic heterocycles. The molecule has 9 nitrogen and oxygen atoms in total. The van der Waals surface area contributed by atoms with E-state index in [1.165, 1.54) is 12.1 Å². The highest BCUT2D eigenvalue weighted by Crippen LogP contribution is 2.16. The first-order chi connectivity index (χ1) is 11.5. The molecule has 0 aliphatic heterocycles. The van der Waals surface area contributed by atoms with Crippen LogP contribution in [-0.4, -0.2) is 72.9 Å². The van der Waals surface area contributed by atoms with Gasteiger partial charge in [0.2, 0.25) is 0 Å². The second-order valence-electron chi connectivity index (χ2n) is 4.34. The number of rotatable bonds is 9. The molecule has 0 saturated heterocycles. The number of carbonyl (C=O) groups is 3. The van der Waals surface area contributed by atoms with E-state index < -0.39 is 24.5 Å². The summed E-state index contributed by atoms with van der Waals surface area (Å²) >= 11 is 0. The predicted octanol–water partition coefficient (Wildman–Crippen LogP) is -0.866. The molecular weight excluding hydrogens is 324 g/mol. The minimum atomic E-state index is -0.934. The number of hydrogen-bond donors (Lipinski definition) is 3. The molecule has 1 rings (SSSR count). The Hall–Kier alpha value is -2.49. The normalized spacial score (nSPS) is 10.1. The molecule has 3 N–H and O–H groups in total. The molecule has 0 aliphatic rings. The standard InChI is InChI=1S/C15H18O9/c16-3-6-22-13(19)10-1-2-11(14(20)23-7-4-17)12(9-10)15(21)24-8-5-18/h1-2,9,16-18H,3-8H2. The zero-order valence-corrected chi connectivity index (χ0v) is 12.8. The zero-order chi connectivity index (χ0) is 17.9. The van der Waals surface area contributed by atoms with E-state index in [0.29, 0.717) is 0 Å². The Morgan fingerprint density at radius 1 is 0.708 bits per heavy atom. The van der Waals surface area contributed by atoms with E-state index >= 15 is 0 Å². The molecule has 0 unspecified atom stereocenters. The predicted molar refractivity (Wildman–Crippen MR) is 78.5 cm³/mol.